The van der Waals surface area contributed by atoms with E-state index in [9.17, 15) is 27.5 Å². The second-order valence-corrected chi connectivity index (χ2v) is 7.63. The van der Waals surface area contributed by atoms with Crippen molar-refractivity contribution in [2.75, 3.05) is 11.1 Å². The molecule has 0 aliphatic carbocycles. The van der Waals surface area contributed by atoms with Crippen molar-refractivity contribution in [1.82, 2.24) is 14.4 Å². The minimum Gasteiger partial charge on any atom is -0.382 e. The van der Waals surface area contributed by atoms with E-state index in [1.54, 1.807) is 6.92 Å². The van der Waals surface area contributed by atoms with Crippen molar-refractivity contribution in [3.63, 3.8) is 0 Å². The lowest BCUT2D eigenvalue weighted by Crippen LogP contribution is -2.21. The Morgan fingerprint density at radius 2 is 1.94 bits per heavy atom. The summed E-state index contributed by atoms with van der Waals surface area (Å²) in [4.78, 5) is 20.6. The number of amides is 1. The first-order chi connectivity index (χ1) is 17.6. The lowest BCUT2D eigenvalue weighted by molar-refractivity contribution is -0.138. The van der Waals surface area contributed by atoms with Gasteiger partial charge in [0.2, 0.25) is 0 Å². The smallest absolute Gasteiger partial charge is 0.382 e. The molecule has 182 valence electrons. The highest BCUT2D eigenvalue weighted by Crippen LogP contribution is 2.33. The van der Waals surface area contributed by atoms with Gasteiger partial charge in [0, 0.05) is 21.6 Å². The number of hydrogen-bond donors (Lipinski definition) is 3. The summed E-state index contributed by atoms with van der Waals surface area (Å²) in [6.07, 6.45) is -5.74. The van der Waals surface area contributed by atoms with Gasteiger partial charge in [0.25, 0.3) is 5.91 Å². The number of carbonyl (C=O) groups is 1. The largest absolute Gasteiger partial charge is 0.416 e. The number of rotatable bonds is 4. The number of halogens is 5. The van der Waals surface area contributed by atoms with Gasteiger partial charge in [-0.1, -0.05) is 0 Å². The van der Waals surface area contributed by atoms with E-state index in [0.29, 0.717) is 17.8 Å². The molecule has 0 radical (unpaired) electrons. The van der Waals surface area contributed by atoms with Crippen molar-refractivity contribution in [2.45, 2.75) is 26.1 Å². The molecule has 4 N–H and O–H groups in total. The molecule has 35 heavy (non-hydrogen) atoms. The molecule has 1 amide bonds. The fraction of sp³-hybridized carbons (Fsp3) is 0.174. The topological polar surface area (TPSA) is 106 Å². The third kappa shape index (κ3) is 4.64. The molecule has 7 nitrogen and oxygen atoms in total. The van der Waals surface area contributed by atoms with E-state index in [0.717, 1.165) is 12.1 Å². The third-order valence-electron chi connectivity index (χ3n) is 5.07. The van der Waals surface area contributed by atoms with Crippen LogP contribution in [0.3, 0.4) is 0 Å². The standard InChI is InChI=1S/C23H18F5N5O2/c1-10-9-33-11(2)31-18(19(33)21(29)30-10)16-4-3-15(8-17(16)25)32-22(35)20(34)12-5-13(23(26,27)28)7-14(24)6-12/h3-9,20,34H,1-2H3,(H2,29,30)(H,32,35)/i2D3. The van der Waals surface area contributed by atoms with Crippen LogP contribution >= 0.6 is 0 Å². The van der Waals surface area contributed by atoms with Gasteiger partial charge >= 0.3 is 6.18 Å². The molecule has 2 heterocycles. The minimum absolute atomic E-state index is 0.0411. The Labute approximate surface area is 199 Å². The fourth-order valence-electron chi connectivity index (χ4n) is 3.53. The van der Waals surface area contributed by atoms with Crippen LogP contribution in [0.2, 0.25) is 0 Å². The van der Waals surface area contributed by atoms with Gasteiger partial charge in [-0.3, -0.25) is 9.20 Å². The van der Waals surface area contributed by atoms with Gasteiger partial charge in [0.05, 0.1) is 11.3 Å². The average molecular weight is 494 g/mol. The Morgan fingerprint density at radius 3 is 2.60 bits per heavy atom. The normalized spacial score (nSPS) is 14.3. The lowest BCUT2D eigenvalue weighted by Gasteiger charge is -2.15. The van der Waals surface area contributed by atoms with Gasteiger partial charge in [-0.05, 0) is 55.7 Å². The number of nitrogens with zero attached hydrogens (tertiary/aromatic N) is 3. The number of anilines is 2. The van der Waals surface area contributed by atoms with E-state index in [-0.39, 0.29) is 40.2 Å². The maximum Gasteiger partial charge on any atom is 0.416 e. The van der Waals surface area contributed by atoms with Crippen molar-refractivity contribution in [3.8, 4) is 11.3 Å². The van der Waals surface area contributed by atoms with Crippen molar-refractivity contribution in [2.24, 2.45) is 0 Å². The van der Waals surface area contributed by atoms with Gasteiger partial charge in [-0.15, -0.1) is 0 Å². The summed E-state index contributed by atoms with van der Waals surface area (Å²) >= 11 is 0. The van der Waals surface area contributed by atoms with Crippen LogP contribution in [-0.2, 0) is 11.0 Å². The molecule has 0 saturated heterocycles. The quantitative estimate of drug-likeness (QED) is 0.361. The number of aliphatic hydroxyl groups is 1. The summed E-state index contributed by atoms with van der Waals surface area (Å²) < 4.78 is 92.1. The molecule has 0 aliphatic rings. The third-order valence-corrected chi connectivity index (χ3v) is 5.07. The number of imidazole rings is 1. The highest BCUT2D eigenvalue weighted by atomic mass is 19.4. The van der Waals surface area contributed by atoms with Crippen LogP contribution in [0.15, 0.2) is 42.6 Å². The summed E-state index contributed by atoms with van der Waals surface area (Å²) in [5.41, 5.74) is 3.83. The van der Waals surface area contributed by atoms with Crippen LogP contribution in [-0.4, -0.2) is 25.4 Å². The zero-order valence-corrected chi connectivity index (χ0v) is 17.8. The molecule has 0 bridgehead atoms. The fourth-order valence-corrected chi connectivity index (χ4v) is 3.53. The minimum atomic E-state index is -4.92. The molecule has 0 spiro atoms. The molecule has 1 unspecified atom stereocenters. The van der Waals surface area contributed by atoms with E-state index >= 15 is 4.39 Å². The van der Waals surface area contributed by atoms with Gasteiger partial charge in [0.15, 0.2) is 6.10 Å². The van der Waals surface area contributed by atoms with E-state index < -0.39 is 47.8 Å². The van der Waals surface area contributed by atoms with Gasteiger partial charge < -0.3 is 16.2 Å². The Kier molecular flexibility index (Phi) is 5.00. The molecule has 1 atom stereocenters. The first kappa shape index (κ1) is 20.3. The number of aryl methyl sites for hydroxylation is 2. The van der Waals surface area contributed by atoms with Crippen LogP contribution in [0.5, 0.6) is 0 Å². The van der Waals surface area contributed by atoms with Crippen LogP contribution in [0.25, 0.3) is 16.8 Å². The van der Waals surface area contributed by atoms with E-state index in [4.69, 9.17) is 9.85 Å². The molecule has 12 heteroatoms. The summed E-state index contributed by atoms with van der Waals surface area (Å²) in [6, 6.07) is 4.37. The Morgan fingerprint density at radius 1 is 1.20 bits per heavy atom. The molecule has 4 aromatic rings. The monoisotopic (exact) mass is 494 g/mol. The maximum absolute atomic E-state index is 15.2. The number of nitrogens with one attached hydrogen (secondary N) is 1. The Bertz CT molecular complexity index is 1570. The lowest BCUT2D eigenvalue weighted by atomic mass is 10.0. The second-order valence-electron chi connectivity index (χ2n) is 7.63. The number of benzene rings is 2. The SMILES string of the molecule is [2H]C([2H])([2H])c1nc(-c2ccc(NC(=O)C(O)c3cc(F)cc(C(F)(F)F)c3)cc2F)c2c(N)nc(C)cn12. The van der Waals surface area contributed by atoms with Crippen molar-refractivity contribution >= 4 is 22.9 Å². The molecule has 0 aliphatic heterocycles. The van der Waals surface area contributed by atoms with Crippen LogP contribution in [0.1, 0.15) is 32.9 Å². The van der Waals surface area contributed by atoms with E-state index in [1.807, 2.05) is 0 Å². The molecule has 2 aromatic heterocycles. The summed E-state index contributed by atoms with van der Waals surface area (Å²) in [6.45, 7) is -1.09. The predicted octanol–water partition coefficient (Wildman–Crippen LogP) is 4.56. The zero-order chi connectivity index (χ0) is 28.2. The molecule has 0 fully saturated rings. The number of hydrogen-bond acceptors (Lipinski definition) is 5. The predicted molar refractivity (Wildman–Crippen MR) is 117 cm³/mol. The number of carbonyl (C=O) groups excluding carboxylic acids is 1. The van der Waals surface area contributed by atoms with Crippen molar-refractivity contribution in [1.29, 1.82) is 0 Å². The summed E-state index contributed by atoms with van der Waals surface area (Å²) in [7, 11) is 0. The molecule has 4 rings (SSSR count). The molecule has 0 saturated carbocycles. The van der Waals surface area contributed by atoms with Crippen LogP contribution in [0, 0.1) is 25.4 Å². The molecule has 2 aromatic carbocycles. The summed E-state index contributed by atoms with van der Waals surface area (Å²) in [5.74, 6) is -4.02. The number of aliphatic hydroxyl groups excluding tert-OH is 1. The number of aromatic nitrogens is 3. The number of nitrogen functional groups attached to an aromatic ring is 1. The van der Waals surface area contributed by atoms with Crippen molar-refractivity contribution in [3.05, 3.63) is 76.9 Å². The van der Waals surface area contributed by atoms with E-state index in [1.165, 1.54) is 16.7 Å². The van der Waals surface area contributed by atoms with Gasteiger partial charge in [0.1, 0.15) is 34.5 Å². The number of alkyl halides is 3. The summed E-state index contributed by atoms with van der Waals surface area (Å²) in [5, 5.41) is 12.3. The highest BCUT2D eigenvalue weighted by Gasteiger charge is 2.32. The Hall–Kier alpha value is -4.06. The van der Waals surface area contributed by atoms with Gasteiger partial charge in [-0.2, -0.15) is 13.2 Å². The molecular formula is C23H18F5N5O2. The van der Waals surface area contributed by atoms with Gasteiger partial charge in [-0.25, -0.2) is 18.7 Å². The zero-order valence-electron chi connectivity index (χ0n) is 20.8. The maximum atomic E-state index is 15.2. The highest BCUT2D eigenvalue weighted by molar-refractivity contribution is 5.95. The van der Waals surface area contributed by atoms with E-state index in [2.05, 4.69) is 15.3 Å². The van der Waals surface area contributed by atoms with Crippen molar-refractivity contribution < 1.29 is 36.0 Å². The number of nitrogens with two attached hydrogens (primary N) is 1. The average Bonchev–Trinajstić information content (AvgIpc) is 3.17. The van der Waals surface area contributed by atoms with Crippen LogP contribution < -0.4 is 11.1 Å². The van der Waals surface area contributed by atoms with Crippen LogP contribution in [0.4, 0.5) is 33.5 Å². The Balaban J connectivity index is 1.67. The first-order valence-electron chi connectivity index (χ1n) is 11.4. The second kappa shape index (κ2) is 8.62. The molecular weight excluding hydrogens is 473 g/mol. The first-order valence-corrected chi connectivity index (χ1v) is 9.88. The number of fused-ring (bicyclic) bond motifs is 1.